The van der Waals surface area contributed by atoms with Crippen molar-refractivity contribution in [3.8, 4) is 11.1 Å². The quantitative estimate of drug-likeness (QED) is 0.192. The van der Waals surface area contributed by atoms with Crippen molar-refractivity contribution < 1.29 is 0 Å². The van der Waals surface area contributed by atoms with Gasteiger partial charge >= 0.3 is 0 Å². The Balaban J connectivity index is 1.64. The Morgan fingerprint density at radius 1 is 0.700 bits per heavy atom. The van der Waals surface area contributed by atoms with Crippen LogP contribution < -0.4 is 0 Å². The summed E-state index contributed by atoms with van der Waals surface area (Å²) in [4.78, 5) is 0. The van der Waals surface area contributed by atoms with Crippen LogP contribution in [0.4, 0.5) is 0 Å². The molecule has 2 N–H and O–H groups in total. The van der Waals surface area contributed by atoms with Crippen molar-refractivity contribution in [1.82, 2.24) is 4.57 Å². The summed E-state index contributed by atoms with van der Waals surface area (Å²) in [6, 6.07) is 33.3. The number of hydrogen-bond acceptors (Lipinski definition) is 2. The molecule has 30 heavy (non-hydrogen) atoms. The molecular weight excluding hydrogens is 368 g/mol. The van der Waals surface area contributed by atoms with Gasteiger partial charge in [0.15, 0.2) is 5.84 Å². The van der Waals surface area contributed by atoms with E-state index in [0.29, 0.717) is 5.56 Å². The van der Waals surface area contributed by atoms with Gasteiger partial charge in [0.25, 0.3) is 0 Å². The molecule has 0 aliphatic heterocycles. The lowest BCUT2D eigenvalue weighted by atomic mass is 10.0. The zero-order chi connectivity index (χ0) is 20.5. The summed E-state index contributed by atoms with van der Waals surface area (Å²) in [5.41, 5.74) is 13.7. The molecule has 4 heteroatoms. The first-order chi connectivity index (χ1) is 14.7. The second kappa shape index (κ2) is 7.41. The van der Waals surface area contributed by atoms with Crippen molar-refractivity contribution in [1.29, 1.82) is 10.9 Å². The fourth-order valence-corrected chi connectivity index (χ4v) is 4.10. The monoisotopic (exact) mass is 388 g/mol. The highest BCUT2D eigenvalue weighted by atomic mass is 15.0. The number of nitrogens with zero attached hydrogens (tertiary/aromatic N) is 2. The molecule has 0 saturated heterocycles. The van der Waals surface area contributed by atoms with Crippen LogP contribution in [-0.4, -0.2) is 10.4 Å². The van der Waals surface area contributed by atoms with E-state index in [4.69, 9.17) is 10.9 Å². The van der Waals surface area contributed by atoms with E-state index in [1.807, 2.05) is 30.3 Å². The largest absolute Gasteiger partial charge is 0.336 e. The SMILES string of the molecule is N=NC(=N)c1ccc2c(c1)c1ccccc1n2Cc1cccc(-c2ccccc2)c1. The molecule has 144 valence electrons. The van der Waals surface area contributed by atoms with E-state index in [2.05, 4.69) is 76.4 Å². The summed E-state index contributed by atoms with van der Waals surface area (Å²) in [6.07, 6.45) is 0. The first-order valence-electron chi connectivity index (χ1n) is 9.86. The van der Waals surface area contributed by atoms with E-state index in [9.17, 15) is 0 Å². The minimum Gasteiger partial charge on any atom is -0.336 e. The normalized spacial score (nSPS) is 11.1. The third-order valence-corrected chi connectivity index (χ3v) is 5.53. The molecule has 1 aromatic heterocycles. The Kier molecular flexibility index (Phi) is 4.45. The van der Waals surface area contributed by atoms with Crippen LogP contribution in [0.25, 0.3) is 32.9 Å². The van der Waals surface area contributed by atoms with Crippen molar-refractivity contribution in [2.45, 2.75) is 6.54 Å². The van der Waals surface area contributed by atoms with Crippen LogP contribution in [-0.2, 0) is 6.54 Å². The molecule has 0 atom stereocenters. The molecule has 0 amide bonds. The maximum Gasteiger partial charge on any atom is 0.173 e. The van der Waals surface area contributed by atoms with Crippen LogP contribution >= 0.6 is 0 Å². The van der Waals surface area contributed by atoms with Gasteiger partial charge in [0, 0.05) is 33.9 Å². The zero-order valence-corrected chi connectivity index (χ0v) is 16.3. The number of rotatable bonds is 4. The molecule has 0 spiro atoms. The van der Waals surface area contributed by atoms with Crippen LogP contribution in [0.15, 0.2) is 102 Å². The molecule has 0 fully saturated rings. The van der Waals surface area contributed by atoms with E-state index in [0.717, 1.165) is 28.4 Å². The van der Waals surface area contributed by atoms with Gasteiger partial charge in [-0.3, -0.25) is 5.41 Å². The van der Waals surface area contributed by atoms with Crippen LogP contribution in [0, 0.1) is 10.9 Å². The minimum atomic E-state index is -0.0238. The number of para-hydroxylation sites is 1. The smallest absolute Gasteiger partial charge is 0.173 e. The standard InChI is InChI=1S/C26H20N4/c27-26(29-28)21-13-14-25-23(16-21)22-11-4-5-12-24(22)30(25)17-18-7-6-10-20(15-18)19-8-2-1-3-9-19/h1-16,27-28H,17H2. The maximum atomic E-state index is 7.89. The minimum absolute atomic E-state index is 0.0238. The molecule has 0 aliphatic rings. The van der Waals surface area contributed by atoms with Crippen molar-refractivity contribution in [3.63, 3.8) is 0 Å². The Labute approximate surface area is 174 Å². The van der Waals surface area contributed by atoms with Crippen molar-refractivity contribution in [2.24, 2.45) is 5.11 Å². The Morgan fingerprint density at radius 2 is 1.43 bits per heavy atom. The predicted octanol–water partition coefficient (Wildman–Crippen LogP) is 6.87. The van der Waals surface area contributed by atoms with Crippen molar-refractivity contribution >= 4 is 27.6 Å². The fourth-order valence-electron chi connectivity index (χ4n) is 4.10. The van der Waals surface area contributed by atoms with E-state index in [1.54, 1.807) is 0 Å². The summed E-state index contributed by atoms with van der Waals surface area (Å²) in [5, 5.41) is 13.4. The summed E-state index contributed by atoms with van der Waals surface area (Å²) in [6.45, 7) is 0.754. The van der Waals surface area contributed by atoms with Crippen LogP contribution in [0.2, 0.25) is 0 Å². The van der Waals surface area contributed by atoms with Gasteiger partial charge in [-0.2, -0.15) is 0 Å². The molecule has 1 heterocycles. The molecule has 0 radical (unpaired) electrons. The van der Waals surface area contributed by atoms with Crippen LogP contribution in [0.1, 0.15) is 11.1 Å². The summed E-state index contributed by atoms with van der Waals surface area (Å²) in [7, 11) is 0. The number of benzene rings is 4. The molecule has 0 bridgehead atoms. The maximum absolute atomic E-state index is 7.89. The lowest BCUT2D eigenvalue weighted by molar-refractivity contribution is 0.869. The first kappa shape index (κ1) is 18.0. The number of nitrogens with one attached hydrogen (secondary N) is 2. The third kappa shape index (κ3) is 3.08. The third-order valence-electron chi connectivity index (χ3n) is 5.53. The van der Waals surface area contributed by atoms with Crippen LogP contribution in [0.5, 0.6) is 0 Å². The topological polar surface area (TPSA) is 65.0 Å². The molecule has 4 aromatic carbocycles. The van der Waals surface area contributed by atoms with Gasteiger partial charge in [-0.05, 0) is 47.0 Å². The molecule has 0 aliphatic carbocycles. The van der Waals surface area contributed by atoms with Gasteiger partial charge < -0.3 is 4.57 Å². The number of aromatic nitrogens is 1. The van der Waals surface area contributed by atoms with Gasteiger partial charge in [-0.15, -0.1) is 5.11 Å². The van der Waals surface area contributed by atoms with E-state index in [1.165, 1.54) is 16.7 Å². The second-order valence-electron chi connectivity index (χ2n) is 7.36. The average molecular weight is 388 g/mol. The second-order valence-corrected chi connectivity index (χ2v) is 7.36. The van der Waals surface area contributed by atoms with Crippen LogP contribution in [0.3, 0.4) is 0 Å². The average Bonchev–Trinajstić information content (AvgIpc) is 3.12. The zero-order valence-electron chi connectivity index (χ0n) is 16.3. The number of fused-ring (bicyclic) bond motifs is 3. The Bertz CT molecular complexity index is 1400. The molecule has 0 saturated carbocycles. The summed E-state index contributed by atoms with van der Waals surface area (Å²) in [5.74, 6) is -0.0238. The summed E-state index contributed by atoms with van der Waals surface area (Å²) < 4.78 is 2.32. The van der Waals surface area contributed by atoms with Crippen molar-refractivity contribution in [2.75, 3.05) is 0 Å². The molecule has 0 unspecified atom stereocenters. The highest BCUT2D eigenvalue weighted by Gasteiger charge is 2.13. The highest BCUT2D eigenvalue weighted by molar-refractivity contribution is 6.11. The molecule has 5 aromatic rings. The summed E-state index contributed by atoms with van der Waals surface area (Å²) >= 11 is 0. The van der Waals surface area contributed by atoms with E-state index < -0.39 is 0 Å². The Hall–Kier alpha value is -4.05. The highest BCUT2D eigenvalue weighted by Crippen LogP contribution is 2.31. The lowest BCUT2D eigenvalue weighted by Crippen LogP contribution is -2.00. The van der Waals surface area contributed by atoms with E-state index in [-0.39, 0.29) is 5.84 Å². The molecule has 4 nitrogen and oxygen atoms in total. The number of amidine groups is 1. The Morgan fingerprint density at radius 3 is 2.27 bits per heavy atom. The number of hydrogen-bond donors (Lipinski definition) is 2. The molecule has 5 rings (SSSR count). The first-order valence-corrected chi connectivity index (χ1v) is 9.86. The van der Waals surface area contributed by atoms with Gasteiger partial charge in [0.05, 0.1) is 0 Å². The van der Waals surface area contributed by atoms with Crippen molar-refractivity contribution in [3.05, 3.63) is 108 Å². The van der Waals surface area contributed by atoms with Gasteiger partial charge in [0.1, 0.15) is 0 Å². The molecular formula is C26H20N4. The predicted molar refractivity (Wildman–Crippen MR) is 122 cm³/mol. The fraction of sp³-hybridized carbons (Fsp3) is 0.0385. The van der Waals surface area contributed by atoms with Gasteiger partial charge in [-0.1, -0.05) is 66.7 Å². The van der Waals surface area contributed by atoms with E-state index >= 15 is 0 Å². The van der Waals surface area contributed by atoms with Gasteiger partial charge in [0.2, 0.25) is 0 Å². The van der Waals surface area contributed by atoms with Gasteiger partial charge in [-0.25, -0.2) is 5.53 Å². The lowest BCUT2D eigenvalue weighted by Gasteiger charge is -2.10.